The molecule has 2 heteroatoms. The molecule has 0 heterocycles. The van der Waals surface area contributed by atoms with E-state index in [9.17, 15) is 5.11 Å². The Hall–Kier alpha value is -2.42. The Morgan fingerprint density at radius 2 is 1.12 bits per heavy atom. The van der Waals surface area contributed by atoms with Gasteiger partial charge in [-0.15, -0.1) is 0 Å². The second kappa shape index (κ2) is 8.44. The molecule has 0 aromatic heterocycles. The van der Waals surface area contributed by atoms with E-state index < -0.39 is 0 Å². The highest BCUT2D eigenvalue weighted by Gasteiger charge is 2.22. The number of aliphatic hydroxyl groups is 1. The average molecular weight is 317 g/mol. The summed E-state index contributed by atoms with van der Waals surface area (Å²) in [5, 5.41) is 9.62. The first kappa shape index (κ1) is 16.4. The molecule has 3 aromatic carbocycles. The highest BCUT2D eigenvalue weighted by atomic mass is 16.3. The molecule has 0 unspecified atom stereocenters. The Labute approximate surface area is 144 Å². The SMILES string of the molecule is OCCN(Cc1ccccc1)C(c1ccccc1)c1ccccc1. The lowest BCUT2D eigenvalue weighted by molar-refractivity contribution is 0.161. The van der Waals surface area contributed by atoms with E-state index in [-0.39, 0.29) is 12.6 Å². The number of rotatable bonds is 7. The van der Waals surface area contributed by atoms with Crippen LogP contribution in [0.5, 0.6) is 0 Å². The summed E-state index contributed by atoms with van der Waals surface area (Å²) < 4.78 is 0. The zero-order valence-corrected chi connectivity index (χ0v) is 13.8. The van der Waals surface area contributed by atoms with Crippen LogP contribution in [0, 0.1) is 0 Å². The predicted molar refractivity (Wildman–Crippen MR) is 98.7 cm³/mol. The van der Waals surface area contributed by atoms with Crippen LogP contribution in [0.25, 0.3) is 0 Å². The molecule has 0 aliphatic rings. The van der Waals surface area contributed by atoms with Crippen LogP contribution >= 0.6 is 0 Å². The van der Waals surface area contributed by atoms with Crippen LogP contribution in [-0.4, -0.2) is 23.2 Å². The van der Waals surface area contributed by atoms with Crippen LogP contribution < -0.4 is 0 Å². The third-order valence-electron chi connectivity index (χ3n) is 4.21. The smallest absolute Gasteiger partial charge is 0.0605 e. The Kier molecular flexibility index (Phi) is 5.78. The predicted octanol–water partition coefficient (Wildman–Crippen LogP) is 4.27. The molecule has 1 N–H and O–H groups in total. The van der Waals surface area contributed by atoms with Crippen molar-refractivity contribution >= 4 is 0 Å². The summed E-state index contributed by atoms with van der Waals surface area (Å²) in [4.78, 5) is 2.33. The van der Waals surface area contributed by atoms with Crippen molar-refractivity contribution in [2.45, 2.75) is 12.6 Å². The first-order valence-electron chi connectivity index (χ1n) is 8.37. The Bertz CT molecular complexity index is 673. The summed E-state index contributed by atoms with van der Waals surface area (Å²) in [6.07, 6.45) is 0. The van der Waals surface area contributed by atoms with Crippen LogP contribution in [0.1, 0.15) is 22.7 Å². The lowest BCUT2D eigenvalue weighted by atomic mass is 9.96. The summed E-state index contributed by atoms with van der Waals surface area (Å²) in [7, 11) is 0. The second-order valence-corrected chi connectivity index (χ2v) is 5.90. The van der Waals surface area contributed by atoms with E-state index in [4.69, 9.17) is 0 Å². The molecule has 0 bridgehead atoms. The molecular formula is C22H23NO. The fraction of sp³-hybridized carbons (Fsp3) is 0.182. The molecule has 122 valence electrons. The minimum Gasteiger partial charge on any atom is -0.395 e. The van der Waals surface area contributed by atoms with Crippen molar-refractivity contribution in [1.29, 1.82) is 0 Å². The first-order chi connectivity index (χ1) is 11.9. The average Bonchev–Trinajstić information content (AvgIpc) is 2.65. The van der Waals surface area contributed by atoms with Gasteiger partial charge in [0.25, 0.3) is 0 Å². The number of benzene rings is 3. The van der Waals surface area contributed by atoms with E-state index in [1.807, 2.05) is 18.2 Å². The van der Waals surface area contributed by atoms with E-state index in [2.05, 4.69) is 77.7 Å². The minimum absolute atomic E-state index is 0.125. The lowest BCUT2D eigenvalue weighted by Crippen LogP contribution is -2.31. The zero-order chi connectivity index (χ0) is 16.6. The van der Waals surface area contributed by atoms with Crippen LogP contribution in [0.3, 0.4) is 0 Å². The van der Waals surface area contributed by atoms with Crippen molar-refractivity contribution in [3.8, 4) is 0 Å². The maximum absolute atomic E-state index is 9.62. The van der Waals surface area contributed by atoms with E-state index >= 15 is 0 Å². The van der Waals surface area contributed by atoms with Gasteiger partial charge in [0, 0.05) is 13.1 Å². The third-order valence-corrected chi connectivity index (χ3v) is 4.21. The molecule has 3 rings (SSSR count). The molecule has 3 aromatic rings. The van der Waals surface area contributed by atoms with Crippen molar-refractivity contribution in [2.24, 2.45) is 0 Å². The molecule has 0 atom stereocenters. The topological polar surface area (TPSA) is 23.5 Å². The Morgan fingerprint density at radius 1 is 0.667 bits per heavy atom. The monoisotopic (exact) mass is 317 g/mol. The van der Waals surface area contributed by atoms with Gasteiger partial charge in [0.1, 0.15) is 0 Å². The number of aliphatic hydroxyl groups excluding tert-OH is 1. The molecule has 0 radical (unpaired) electrons. The maximum Gasteiger partial charge on any atom is 0.0605 e. The van der Waals surface area contributed by atoms with Crippen LogP contribution in [0.2, 0.25) is 0 Å². The number of nitrogens with zero attached hydrogens (tertiary/aromatic N) is 1. The molecule has 24 heavy (non-hydrogen) atoms. The Balaban J connectivity index is 1.97. The maximum atomic E-state index is 9.62. The highest BCUT2D eigenvalue weighted by Crippen LogP contribution is 2.29. The van der Waals surface area contributed by atoms with Gasteiger partial charge < -0.3 is 5.11 Å². The fourth-order valence-corrected chi connectivity index (χ4v) is 3.13. The fourth-order valence-electron chi connectivity index (χ4n) is 3.13. The standard InChI is InChI=1S/C22H23NO/c24-17-16-23(18-19-10-4-1-5-11-19)22(20-12-6-2-7-13-20)21-14-8-3-9-15-21/h1-15,22,24H,16-18H2. The van der Waals surface area contributed by atoms with Gasteiger partial charge in [0.05, 0.1) is 12.6 Å². The van der Waals surface area contributed by atoms with E-state index in [1.165, 1.54) is 16.7 Å². The van der Waals surface area contributed by atoms with Crippen molar-refractivity contribution in [3.63, 3.8) is 0 Å². The summed E-state index contributed by atoms with van der Waals surface area (Å²) >= 11 is 0. The summed E-state index contributed by atoms with van der Waals surface area (Å²) in [6.45, 7) is 1.57. The normalized spacial score (nSPS) is 11.1. The summed E-state index contributed by atoms with van der Waals surface area (Å²) in [5.41, 5.74) is 3.74. The van der Waals surface area contributed by atoms with Crippen LogP contribution in [0.15, 0.2) is 91.0 Å². The van der Waals surface area contributed by atoms with Crippen molar-refractivity contribution < 1.29 is 5.11 Å². The van der Waals surface area contributed by atoms with Gasteiger partial charge in [0.2, 0.25) is 0 Å². The van der Waals surface area contributed by atoms with Crippen molar-refractivity contribution in [1.82, 2.24) is 4.90 Å². The van der Waals surface area contributed by atoms with Crippen LogP contribution in [-0.2, 0) is 6.54 Å². The molecule has 0 saturated heterocycles. The molecule has 2 nitrogen and oxygen atoms in total. The molecule has 0 spiro atoms. The first-order valence-corrected chi connectivity index (χ1v) is 8.37. The van der Waals surface area contributed by atoms with E-state index in [0.717, 1.165) is 6.54 Å². The largest absolute Gasteiger partial charge is 0.395 e. The molecule has 0 amide bonds. The molecule has 0 fully saturated rings. The van der Waals surface area contributed by atoms with Crippen LogP contribution in [0.4, 0.5) is 0 Å². The minimum atomic E-state index is 0.125. The van der Waals surface area contributed by atoms with Gasteiger partial charge in [-0.2, -0.15) is 0 Å². The van der Waals surface area contributed by atoms with Gasteiger partial charge in [0.15, 0.2) is 0 Å². The molecule has 0 aliphatic heterocycles. The number of hydrogen-bond acceptors (Lipinski definition) is 2. The van der Waals surface area contributed by atoms with Gasteiger partial charge >= 0.3 is 0 Å². The van der Waals surface area contributed by atoms with E-state index in [1.54, 1.807) is 0 Å². The van der Waals surface area contributed by atoms with Gasteiger partial charge in [-0.1, -0.05) is 91.0 Å². The lowest BCUT2D eigenvalue weighted by Gasteiger charge is -2.32. The van der Waals surface area contributed by atoms with Gasteiger partial charge in [-0.25, -0.2) is 0 Å². The third kappa shape index (κ3) is 4.10. The molecule has 0 aliphatic carbocycles. The summed E-state index contributed by atoms with van der Waals surface area (Å²) in [6, 6.07) is 31.6. The highest BCUT2D eigenvalue weighted by molar-refractivity contribution is 5.32. The van der Waals surface area contributed by atoms with Gasteiger partial charge in [-0.05, 0) is 16.7 Å². The van der Waals surface area contributed by atoms with E-state index in [0.29, 0.717) is 6.54 Å². The zero-order valence-electron chi connectivity index (χ0n) is 13.8. The quantitative estimate of drug-likeness (QED) is 0.703. The molecular weight excluding hydrogens is 294 g/mol. The second-order valence-electron chi connectivity index (χ2n) is 5.90. The Morgan fingerprint density at radius 3 is 1.58 bits per heavy atom. The van der Waals surface area contributed by atoms with Crippen molar-refractivity contribution in [3.05, 3.63) is 108 Å². The van der Waals surface area contributed by atoms with Crippen molar-refractivity contribution in [2.75, 3.05) is 13.2 Å². The van der Waals surface area contributed by atoms with Gasteiger partial charge in [-0.3, -0.25) is 4.90 Å². The number of hydrogen-bond donors (Lipinski definition) is 1. The molecule has 0 saturated carbocycles. The summed E-state index contributed by atoms with van der Waals surface area (Å²) in [5.74, 6) is 0.